The molecule has 1 aromatic heterocycles. The number of non-ortho nitro benzene ring substituents is 1. The molecule has 2 aromatic carbocycles. The number of nitrogens with one attached hydrogen (secondary N) is 1. The fourth-order valence-electron chi connectivity index (χ4n) is 2.48. The summed E-state index contributed by atoms with van der Waals surface area (Å²) in [7, 11) is 0. The molecule has 3 N–H and O–H groups in total. The van der Waals surface area contributed by atoms with Crippen LogP contribution in [0.4, 0.5) is 24.5 Å². The van der Waals surface area contributed by atoms with E-state index in [1.807, 2.05) is 0 Å². The standard InChI is InChI=1S/C17H12ClF3N6O3S/c18-10-3-1-9(2-4-10)15-24-25-16(26(15)22)31-8-14(28)23-13-6-5-11(27(29)30)7-12(13)17(19,20)21/h1-7H,8,22H2,(H,23,28). The molecule has 0 radical (unpaired) electrons. The van der Waals surface area contributed by atoms with E-state index >= 15 is 0 Å². The molecular weight excluding hydrogens is 461 g/mol. The molecule has 0 saturated heterocycles. The number of thioether (sulfide) groups is 1. The van der Waals surface area contributed by atoms with Crippen molar-refractivity contribution in [3.05, 3.63) is 63.2 Å². The number of nitro groups is 1. The van der Waals surface area contributed by atoms with Crippen LogP contribution < -0.4 is 11.2 Å². The number of alkyl halides is 3. The molecular formula is C17H12ClF3N6O3S. The highest BCUT2D eigenvalue weighted by Gasteiger charge is 2.35. The van der Waals surface area contributed by atoms with Crippen molar-refractivity contribution in [2.24, 2.45) is 0 Å². The first-order valence-corrected chi connectivity index (χ1v) is 9.67. The van der Waals surface area contributed by atoms with Gasteiger partial charge in [0.2, 0.25) is 11.1 Å². The quantitative estimate of drug-likeness (QED) is 0.240. The van der Waals surface area contributed by atoms with Crippen molar-refractivity contribution in [2.45, 2.75) is 11.3 Å². The van der Waals surface area contributed by atoms with Crippen LogP contribution in [-0.2, 0) is 11.0 Å². The van der Waals surface area contributed by atoms with Crippen LogP contribution in [-0.4, -0.2) is 31.5 Å². The number of aromatic nitrogens is 3. The summed E-state index contributed by atoms with van der Waals surface area (Å²) in [5, 5.41) is 21.3. The molecule has 1 heterocycles. The van der Waals surface area contributed by atoms with E-state index in [4.69, 9.17) is 17.4 Å². The lowest BCUT2D eigenvalue weighted by Gasteiger charge is -2.13. The zero-order chi connectivity index (χ0) is 22.8. The molecule has 162 valence electrons. The Morgan fingerprint density at radius 1 is 1.23 bits per heavy atom. The van der Waals surface area contributed by atoms with E-state index in [0.29, 0.717) is 22.5 Å². The van der Waals surface area contributed by atoms with Crippen molar-refractivity contribution < 1.29 is 22.9 Å². The summed E-state index contributed by atoms with van der Waals surface area (Å²) in [6, 6.07) is 8.66. The molecule has 0 aliphatic carbocycles. The van der Waals surface area contributed by atoms with Crippen LogP contribution in [0.1, 0.15) is 5.56 Å². The number of nitrogens with two attached hydrogens (primary N) is 1. The molecule has 0 saturated carbocycles. The van der Waals surface area contributed by atoms with Gasteiger partial charge < -0.3 is 11.2 Å². The number of halogens is 4. The molecule has 0 fully saturated rings. The summed E-state index contributed by atoms with van der Waals surface area (Å²) < 4.78 is 40.8. The van der Waals surface area contributed by atoms with Crippen LogP contribution in [0.3, 0.4) is 0 Å². The van der Waals surface area contributed by atoms with Crippen LogP contribution in [0.25, 0.3) is 11.4 Å². The molecule has 0 aliphatic rings. The average molecular weight is 473 g/mol. The first-order chi connectivity index (χ1) is 14.6. The Morgan fingerprint density at radius 3 is 2.52 bits per heavy atom. The van der Waals surface area contributed by atoms with Crippen LogP contribution in [0.2, 0.25) is 5.02 Å². The van der Waals surface area contributed by atoms with Crippen molar-refractivity contribution in [3.8, 4) is 11.4 Å². The maximum absolute atomic E-state index is 13.2. The zero-order valence-corrected chi connectivity index (χ0v) is 16.8. The summed E-state index contributed by atoms with van der Waals surface area (Å²) >= 11 is 6.68. The number of amides is 1. The number of nitrogen functional groups attached to an aromatic ring is 1. The number of benzene rings is 2. The van der Waals surface area contributed by atoms with Gasteiger partial charge >= 0.3 is 6.18 Å². The van der Waals surface area contributed by atoms with Crippen LogP contribution >= 0.6 is 23.4 Å². The van der Waals surface area contributed by atoms with Gasteiger partial charge in [0.15, 0.2) is 5.82 Å². The molecule has 14 heteroatoms. The molecule has 0 aliphatic heterocycles. The number of carbonyl (C=O) groups is 1. The SMILES string of the molecule is Nn1c(SCC(=O)Nc2ccc([N+](=O)[O-])cc2C(F)(F)F)nnc1-c1ccc(Cl)cc1. The van der Waals surface area contributed by atoms with Gasteiger partial charge in [0.1, 0.15) is 0 Å². The number of rotatable bonds is 6. The molecule has 0 atom stereocenters. The van der Waals surface area contributed by atoms with Gasteiger partial charge in [-0.25, -0.2) is 4.68 Å². The number of nitro benzene ring substituents is 1. The van der Waals surface area contributed by atoms with Gasteiger partial charge in [-0.1, -0.05) is 23.4 Å². The number of hydrogen-bond donors (Lipinski definition) is 2. The molecule has 0 unspecified atom stereocenters. The normalized spacial score (nSPS) is 11.4. The van der Waals surface area contributed by atoms with Gasteiger partial charge in [-0.15, -0.1) is 10.2 Å². The summed E-state index contributed by atoms with van der Waals surface area (Å²) in [4.78, 5) is 21.9. The number of hydrogen-bond acceptors (Lipinski definition) is 7. The largest absolute Gasteiger partial charge is 0.418 e. The van der Waals surface area contributed by atoms with Crippen molar-refractivity contribution in [3.63, 3.8) is 0 Å². The Hall–Kier alpha value is -3.32. The smallest absolute Gasteiger partial charge is 0.335 e. The molecule has 3 aromatic rings. The maximum Gasteiger partial charge on any atom is 0.418 e. The fourth-order valence-corrected chi connectivity index (χ4v) is 3.26. The molecule has 3 rings (SSSR count). The third-order valence-corrected chi connectivity index (χ3v) is 5.09. The molecule has 0 spiro atoms. The predicted octanol–water partition coefficient (Wildman–Crippen LogP) is 3.97. The molecule has 9 nitrogen and oxygen atoms in total. The van der Waals surface area contributed by atoms with Crippen molar-refractivity contribution >= 4 is 40.6 Å². The second-order valence-electron chi connectivity index (χ2n) is 6.00. The molecule has 31 heavy (non-hydrogen) atoms. The lowest BCUT2D eigenvalue weighted by Crippen LogP contribution is -2.19. The van der Waals surface area contributed by atoms with Gasteiger partial charge in [-0.2, -0.15) is 13.2 Å². The minimum atomic E-state index is -4.90. The Labute approximate surface area is 181 Å². The van der Waals surface area contributed by atoms with Gasteiger partial charge in [0.25, 0.3) is 5.69 Å². The minimum absolute atomic E-state index is 0.153. The summed E-state index contributed by atoms with van der Waals surface area (Å²) in [5.41, 5.74) is -2.05. The first kappa shape index (κ1) is 22.4. The zero-order valence-electron chi connectivity index (χ0n) is 15.3. The molecule has 1 amide bonds. The van der Waals surface area contributed by atoms with E-state index in [2.05, 4.69) is 15.5 Å². The maximum atomic E-state index is 13.2. The lowest BCUT2D eigenvalue weighted by molar-refractivity contribution is -0.385. The monoisotopic (exact) mass is 472 g/mol. The topological polar surface area (TPSA) is 129 Å². The predicted molar refractivity (Wildman–Crippen MR) is 108 cm³/mol. The number of nitrogens with zero attached hydrogens (tertiary/aromatic N) is 4. The van der Waals surface area contributed by atoms with E-state index in [1.54, 1.807) is 24.3 Å². The summed E-state index contributed by atoms with van der Waals surface area (Å²) in [6.07, 6.45) is -4.90. The highest BCUT2D eigenvalue weighted by atomic mass is 35.5. The highest BCUT2D eigenvalue weighted by Crippen LogP contribution is 2.37. The minimum Gasteiger partial charge on any atom is -0.335 e. The van der Waals surface area contributed by atoms with Crippen molar-refractivity contribution in [2.75, 3.05) is 16.9 Å². The second-order valence-corrected chi connectivity index (χ2v) is 7.38. The summed E-state index contributed by atoms with van der Waals surface area (Å²) in [5.74, 6) is 5.11. The van der Waals surface area contributed by atoms with E-state index in [-0.39, 0.29) is 10.9 Å². The Kier molecular flexibility index (Phi) is 6.36. The Morgan fingerprint density at radius 2 is 1.90 bits per heavy atom. The van der Waals surface area contributed by atoms with Crippen LogP contribution in [0, 0.1) is 10.1 Å². The van der Waals surface area contributed by atoms with Gasteiger partial charge in [0, 0.05) is 22.7 Å². The second kappa shape index (κ2) is 8.81. The van der Waals surface area contributed by atoms with Gasteiger partial charge in [-0.3, -0.25) is 14.9 Å². The van der Waals surface area contributed by atoms with Crippen LogP contribution in [0.5, 0.6) is 0 Å². The van der Waals surface area contributed by atoms with Gasteiger partial charge in [0.05, 0.1) is 21.9 Å². The van der Waals surface area contributed by atoms with Crippen LogP contribution in [0.15, 0.2) is 47.6 Å². The third kappa shape index (κ3) is 5.24. The molecule has 0 bridgehead atoms. The number of carbonyl (C=O) groups excluding carboxylic acids is 1. The van der Waals surface area contributed by atoms with Crippen molar-refractivity contribution in [1.82, 2.24) is 14.9 Å². The number of anilines is 1. The van der Waals surface area contributed by atoms with Gasteiger partial charge in [-0.05, 0) is 30.3 Å². The fraction of sp³-hybridized carbons (Fsp3) is 0.118. The Balaban J connectivity index is 1.71. The average Bonchev–Trinajstić information content (AvgIpc) is 3.06. The first-order valence-electron chi connectivity index (χ1n) is 8.31. The summed E-state index contributed by atoms with van der Waals surface area (Å²) in [6.45, 7) is 0. The lowest BCUT2D eigenvalue weighted by atomic mass is 10.1. The van der Waals surface area contributed by atoms with E-state index in [9.17, 15) is 28.1 Å². The third-order valence-electron chi connectivity index (χ3n) is 3.89. The Bertz CT molecular complexity index is 1140. The highest BCUT2D eigenvalue weighted by molar-refractivity contribution is 7.99. The van der Waals surface area contributed by atoms with Crippen molar-refractivity contribution in [1.29, 1.82) is 0 Å². The van der Waals surface area contributed by atoms with E-state index in [0.717, 1.165) is 28.6 Å². The van der Waals surface area contributed by atoms with E-state index < -0.39 is 33.9 Å². The van der Waals surface area contributed by atoms with E-state index in [1.165, 1.54) is 0 Å².